The van der Waals surface area contributed by atoms with Gasteiger partial charge in [0.1, 0.15) is 0 Å². The summed E-state index contributed by atoms with van der Waals surface area (Å²) in [7, 11) is 0. The minimum absolute atomic E-state index is 0.0655. The molecule has 1 saturated carbocycles. The summed E-state index contributed by atoms with van der Waals surface area (Å²) in [5, 5.41) is 6.17. The fourth-order valence-corrected chi connectivity index (χ4v) is 6.00. The Morgan fingerprint density at radius 1 is 1.15 bits per heavy atom. The zero-order chi connectivity index (χ0) is 28.4. The molecule has 0 aromatic carbocycles. The molecule has 2 fully saturated rings. The van der Waals surface area contributed by atoms with Crippen molar-refractivity contribution in [3.8, 4) is 11.3 Å². The predicted octanol–water partition coefficient (Wildman–Crippen LogP) is 4.64. The van der Waals surface area contributed by atoms with Gasteiger partial charge in [0.25, 0.3) is 5.91 Å². The lowest BCUT2D eigenvalue weighted by atomic mass is 9.79. The molecule has 9 heteroatoms. The monoisotopic (exact) mass is 552 g/mol. The number of carbonyl (C=O) groups excluding carboxylic acids is 3. The SMILES string of the molecule is CCOC(=O)CCCNC(=O)CC1(CCN2CCC(NC(=O)c3occc3-c3ccc(C)cn3)CC2)CCCC1. The molecule has 40 heavy (non-hydrogen) atoms. The first-order valence-corrected chi connectivity index (χ1v) is 14.8. The Morgan fingerprint density at radius 2 is 1.93 bits per heavy atom. The number of ether oxygens (including phenoxy) is 1. The van der Waals surface area contributed by atoms with Gasteiger partial charge in [0.2, 0.25) is 11.7 Å². The van der Waals surface area contributed by atoms with E-state index in [9.17, 15) is 14.4 Å². The highest BCUT2D eigenvalue weighted by Gasteiger charge is 2.36. The third kappa shape index (κ3) is 8.40. The van der Waals surface area contributed by atoms with E-state index in [2.05, 4.69) is 20.5 Å². The summed E-state index contributed by atoms with van der Waals surface area (Å²) in [6.45, 7) is 7.49. The molecule has 0 bridgehead atoms. The van der Waals surface area contributed by atoms with Gasteiger partial charge in [0.15, 0.2) is 0 Å². The van der Waals surface area contributed by atoms with Crippen molar-refractivity contribution < 1.29 is 23.5 Å². The van der Waals surface area contributed by atoms with Gasteiger partial charge in [0.05, 0.1) is 24.1 Å². The molecule has 4 rings (SSSR count). The number of aryl methyl sites for hydroxylation is 1. The summed E-state index contributed by atoms with van der Waals surface area (Å²) >= 11 is 0. The average molecular weight is 553 g/mol. The van der Waals surface area contributed by atoms with E-state index in [1.54, 1.807) is 19.2 Å². The standard InChI is InChI=1S/C31H44N4O5/c1-3-39-28(37)7-6-16-32-27(36)21-31(13-4-5-14-31)15-19-35-17-10-24(11-18-35)34-30(38)29-25(12-20-40-29)26-9-8-23(2)22-33-26/h8-9,12,20,22,24H,3-7,10-11,13-19,21H2,1-2H3,(H,32,36)(H,34,38). The molecule has 3 heterocycles. The van der Waals surface area contributed by atoms with Crippen molar-refractivity contribution in [2.75, 3.05) is 32.8 Å². The van der Waals surface area contributed by atoms with E-state index in [0.29, 0.717) is 43.7 Å². The number of aromatic nitrogens is 1. The van der Waals surface area contributed by atoms with Gasteiger partial charge < -0.3 is 24.7 Å². The Morgan fingerprint density at radius 3 is 2.62 bits per heavy atom. The smallest absolute Gasteiger partial charge is 0.305 e. The number of hydrogen-bond donors (Lipinski definition) is 2. The maximum absolute atomic E-state index is 13.0. The predicted molar refractivity (Wildman–Crippen MR) is 153 cm³/mol. The van der Waals surface area contributed by atoms with E-state index in [4.69, 9.17) is 9.15 Å². The zero-order valence-electron chi connectivity index (χ0n) is 24.0. The molecule has 2 aromatic heterocycles. The second kappa shape index (κ2) is 14.4. The van der Waals surface area contributed by atoms with Crippen LogP contribution < -0.4 is 10.6 Å². The number of nitrogens with zero attached hydrogens (tertiary/aromatic N) is 2. The van der Waals surface area contributed by atoms with Gasteiger partial charge in [-0.3, -0.25) is 19.4 Å². The lowest BCUT2D eigenvalue weighted by Gasteiger charge is -2.36. The highest BCUT2D eigenvalue weighted by molar-refractivity contribution is 5.97. The van der Waals surface area contributed by atoms with Crippen LogP contribution in [0.5, 0.6) is 0 Å². The number of likely N-dealkylation sites (tertiary alicyclic amines) is 1. The number of piperidine rings is 1. The molecule has 2 aromatic rings. The van der Waals surface area contributed by atoms with E-state index in [0.717, 1.165) is 63.0 Å². The van der Waals surface area contributed by atoms with Crippen LogP contribution in [0.25, 0.3) is 11.3 Å². The largest absolute Gasteiger partial charge is 0.466 e. The molecular formula is C31H44N4O5. The molecule has 9 nitrogen and oxygen atoms in total. The average Bonchev–Trinajstić information content (AvgIpc) is 3.62. The number of esters is 1. The maximum Gasteiger partial charge on any atom is 0.305 e. The van der Waals surface area contributed by atoms with Gasteiger partial charge in [-0.15, -0.1) is 0 Å². The molecule has 0 radical (unpaired) electrons. The van der Waals surface area contributed by atoms with Gasteiger partial charge in [-0.1, -0.05) is 18.9 Å². The summed E-state index contributed by atoms with van der Waals surface area (Å²) in [4.78, 5) is 44.1. The molecule has 1 aliphatic heterocycles. The number of furan rings is 1. The minimum Gasteiger partial charge on any atom is -0.466 e. The van der Waals surface area contributed by atoms with E-state index in [1.165, 1.54) is 19.1 Å². The Bertz CT molecular complexity index is 1120. The van der Waals surface area contributed by atoms with Gasteiger partial charge in [-0.2, -0.15) is 0 Å². The molecule has 2 aliphatic rings. The minimum atomic E-state index is -0.211. The zero-order valence-corrected chi connectivity index (χ0v) is 24.0. The van der Waals surface area contributed by atoms with Crippen molar-refractivity contribution in [2.45, 2.75) is 84.1 Å². The molecular weight excluding hydrogens is 508 g/mol. The molecule has 0 spiro atoms. The number of pyridine rings is 1. The highest BCUT2D eigenvalue weighted by atomic mass is 16.5. The molecule has 2 N–H and O–H groups in total. The quantitative estimate of drug-likeness (QED) is 0.275. The van der Waals surface area contributed by atoms with E-state index in [-0.39, 0.29) is 29.2 Å². The van der Waals surface area contributed by atoms with Crippen molar-refractivity contribution in [1.82, 2.24) is 20.5 Å². The van der Waals surface area contributed by atoms with Crippen molar-refractivity contribution in [1.29, 1.82) is 0 Å². The molecule has 2 amide bonds. The first-order valence-electron chi connectivity index (χ1n) is 14.8. The fourth-order valence-electron chi connectivity index (χ4n) is 6.00. The summed E-state index contributed by atoms with van der Waals surface area (Å²) in [6, 6.07) is 5.78. The van der Waals surface area contributed by atoms with Crippen LogP contribution in [0.2, 0.25) is 0 Å². The summed E-state index contributed by atoms with van der Waals surface area (Å²) in [5.74, 6) is -0.0111. The number of amides is 2. The first kappa shape index (κ1) is 29.8. The van der Waals surface area contributed by atoms with Crippen LogP contribution in [0.4, 0.5) is 0 Å². The molecule has 218 valence electrons. The summed E-state index contributed by atoms with van der Waals surface area (Å²) in [6.07, 6.45) is 12.2. The normalized spacial score (nSPS) is 17.4. The molecule has 1 saturated heterocycles. The van der Waals surface area contributed by atoms with Crippen LogP contribution in [0.3, 0.4) is 0 Å². The van der Waals surface area contributed by atoms with Gasteiger partial charge in [-0.25, -0.2) is 0 Å². The Kier molecular flexibility index (Phi) is 10.7. The maximum atomic E-state index is 13.0. The van der Waals surface area contributed by atoms with Crippen LogP contribution >= 0.6 is 0 Å². The summed E-state index contributed by atoms with van der Waals surface area (Å²) < 4.78 is 10.5. The van der Waals surface area contributed by atoms with Crippen LogP contribution in [0.15, 0.2) is 35.1 Å². The number of nitrogens with one attached hydrogen (secondary N) is 2. The van der Waals surface area contributed by atoms with E-state index < -0.39 is 0 Å². The lowest BCUT2D eigenvalue weighted by molar-refractivity contribution is -0.143. The number of rotatable bonds is 13. The van der Waals surface area contributed by atoms with Crippen molar-refractivity contribution >= 4 is 17.8 Å². The Hall–Kier alpha value is -3.20. The fraction of sp³-hybridized carbons (Fsp3) is 0.613. The first-order chi connectivity index (χ1) is 19.4. The molecule has 1 aliphatic carbocycles. The molecule has 0 unspecified atom stereocenters. The highest BCUT2D eigenvalue weighted by Crippen LogP contribution is 2.44. The number of carbonyl (C=O) groups is 3. The van der Waals surface area contributed by atoms with Gasteiger partial charge in [0, 0.05) is 44.7 Å². The van der Waals surface area contributed by atoms with Crippen molar-refractivity contribution in [3.63, 3.8) is 0 Å². The second-order valence-corrected chi connectivity index (χ2v) is 11.4. The van der Waals surface area contributed by atoms with Crippen LogP contribution in [-0.2, 0) is 14.3 Å². The third-order valence-electron chi connectivity index (χ3n) is 8.32. The number of hydrogen-bond acceptors (Lipinski definition) is 7. The second-order valence-electron chi connectivity index (χ2n) is 11.4. The summed E-state index contributed by atoms with van der Waals surface area (Å²) in [5.41, 5.74) is 2.57. The van der Waals surface area contributed by atoms with Crippen molar-refractivity contribution in [2.24, 2.45) is 5.41 Å². The van der Waals surface area contributed by atoms with Crippen LogP contribution in [0.1, 0.15) is 87.3 Å². The van der Waals surface area contributed by atoms with Crippen LogP contribution in [-0.4, -0.2) is 66.5 Å². The van der Waals surface area contributed by atoms with Gasteiger partial charge >= 0.3 is 5.97 Å². The van der Waals surface area contributed by atoms with E-state index in [1.807, 2.05) is 19.1 Å². The van der Waals surface area contributed by atoms with Gasteiger partial charge in [-0.05, 0) is 82.0 Å². The Labute approximate surface area is 237 Å². The molecule has 0 atom stereocenters. The topological polar surface area (TPSA) is 114 Å². The van der Waals surface area contributed by atoms with Crippen molar-refractivity contribution in [3.05, 3.63) is 42.0 Å². The van der Waals surface area contributed by atoms with E-state index >= 15 is 0 Å². The lowest BCUT2D eigenvalue weighted by Crippen LogP contribution is -2.45. The van der Waals surface area contributed by atoms with Crippen LogP contribution in [0, 0.1) is 12.3 Å². The Balaban J connectivity index is 1.19. The third-order valence-corrected chi connectivity index (χ3v) is 8.32.